The largest absolute Gasteiger partial charge is 0.345 e. The molecule has 17 heavy (non-hydrogen) atoms. The Morgan fingerprint density at radius 3 is 2.94 bits per heavy atom. The fraction of sp³-hybridized carbons (Fsp3) is 0.182. The number of hydrogen-bond donors (Lipinski definition) is 0. The van der Waals surface area contributed by atoms with E-state index in [-0.39, 0.29) is 5.15 Å². The molecule has 0 aliphatic rings. The number of pyridine rings is 1. The van der Waals surface area contributed by atoms with Crippen LogP contribution in [0.25, 0.3) is 0 Å². The van der Waals surface area contributed by atoms with Crippen LogP contribution in [0.3, 0.4) is 0 Å². The van der Waals surface area contributed by atoms with Crippen LogP contribution in [-0.4, -0.2) is 23.3 Å². The first-order valence-corrected chi connectivity index (χ1v) is 6.12. The maximum atomic E-state index is 10.7. The maximum Gasteiger partial charge on any atom is 0.187 e. The summed E-state index contributed by atoms with van der Waals surface area (Å²) in [6, 6.07) is 5.74. The summed E-state index contributed by atoms with van der Waals surface area (Å²) in [4.78, 5) is 21.4. The molecule has 0 aromatic carbocycles. The Morgan fingerprint density at radius 2 is 2.35 bits per heavy atom. The second-order valence-corrected chi connectivity index (χ2v) is 4.81. The van der Waals surface area contributed by atoms with Crippen molar-refractivity contribution < 1.29 is 4.79 Å². The summed E-state index contributed by atoms with van der Waals surface area (Å²) in [6.07, 6.45) is 2.47. The van der Waals surface area contributed by atoms with E-state index in [1.165, 1.54) is 11.3 Å². The van der Waals surface area contributed by atoms with E-state index in [4.69, 9.17) is 11.6 Å². The summed E-state index contributed by atoms with van der Waals surface area (Å²) >= 11 is 7.09. The average Bonchev–Trinajstić information content (AvgIpc) is 2.72. The molecule has 0 amide bonds. The lowest BCUT2D eigenvalue weighted by Gasteiger charge is -2.14. The minimum atomic E-state index is 0.257. The van der Waals surface area contributed by atoms with E-state index in [2.05, 4.69) is 9.97 Å². The predicted octanol–water partition coefficient (Wildman–Crippen LogP) is 2.64. The molecule has 2 aromatic rings. The summed E-state index contributed by atoms with van der Waals surface area (Å²) in [5, 5.41) is 0.968. The van der Waals surface area contributed by atoms with Gasteiger partial charge in [-0.05, 0) is 12.1 Å². The number of halogens is 1. The number of aldehydes is 1. The standard InChI is InChI=1S/C11H10ClN3OS/c1-15(6-8-4-2-3-5-13-8)11-14-10(12)9(7-16)17-11/h2-5,7H,6H2,1H3. The molecule has 2 rings (SSSR count). The van der Waals surface area contributed by atoms with Gasteiger partial charge in [-0.25, -0.2) is 4.98 Å². The van der Waals surface area contributed by atoms with Crippen LogP contribution in [0.1, 0.15) is 15.4 Å². The quantitative estimate of drug-likeness (QED) is 0.799. The molecule has 0 N–H and O–H groups in total. The number of aromatic nitrogens is 2. The van der Waals surface area contributed by atoms with Crippen molar-refractivity contribution in [1.82, 2.24) is 9.97 Å². The second-order valence-electron chi connectivity index (χ2n) is 3.45. The highest BCUT2D eigenvalue weighted by Gasteiger charge is 2.12. The van der Waals surface area contributed by atoms with Gasteiger partial charge in [0.05, 0.1) is 12.2 Å². The van der Waals surface area contributed by atoms with Gasteiger partial charge in [-0.15, -0.1) is 0 Å². The van der Waals surface area contributed by atoms with Crippen molar-refractivity contribution in [3.05, 3.63) is 40.1 Å². The Morgan fingerprint density at radius 1 is 1.53 bits per heavy atom. The molecule has 0 unspecified atom stereocenters. The fourth-order valence-corrected chi connectivity index (χ4v) is 2.36. The van der Waals surface area contributed by atoms with Gasteiger partial charge in [0.1, 0.15) is 4.88 Å². The van der Waals surface area contributed by atoms with Crippen LogP contribution >= 0.6 is 22.9 Å². The Bertz CT molecular complexity index is 515. The zero-order chi connectivity index (χ0) is 12.3. The van der Waals surface area contributed by atoms with Gasteiger partial charge in [-0.3, -0.25) is 9.78 Å². The van der Waals surface area contributed by atoms with Crippen LogP contribution in [0.2, 0.25) is 5.15 Å². The lowest BCUT2D eigenvalue weighted by Crippen LogP contribution is -2.16. The average molecular weight is 268 g/mol. The van der Waals surface area contributed by atoms with Crippen LogP contribution in [0.4, 0.5) is 5.13 Å². The SMILES string of the molecule is CN(Cc1ccccn1)c1nc(Cl)c(C=O)s1. The molecular weight excluding hydrogens is 258 g/mol. The van der Waals surface area contributed by atoms with Gasteiger partial charge in [-0.2, -0.15) is 0 Å². The van der Waals surface area contributed by atoms with E-state index in [0.29, 0.717) is 16.6 Å². The third-order valence-corrected chi connectivity index (χ3v) is 3.65. The lowest BCUT2D eigenvalue weighted by molar-refractivity contribution is 0.112. The zero-order valence-electron chi connectivity index (χ0n) is 9.13. The van der Waals surface area contributed by atoms with Crippen molar-refractivity contribution in [3.8, 4) is 0 Å². The van der Waals surface area contributed by atoms with Crippen LogP contribution < -0.4 is 4.90 Å². The van der Waals surface area contributed by atoms with E-state index in [1.54, 1.807) is 6.20 Å². The van der Waals surface area contributed by atoms with Crippen molar-refractivity contribution in [2.45, 2.75) is 6.54 Å². The molecule has 0 aliphatic carbocycles. The summed E-state index contributed by atoms with van der Waals surface area (Å²) in [7, 11) is 1.89. The lowest BCUT2D eigenvalue weighted by atomic mass is 10.3. The number of anilines is 1. The molecule has 0 fully saturated rings. The van der Waals surface area contributed by atoms with Gasteiger partial charge >= 0.3 is 0 Å². The number of carbonyl (C=O) groups excluding carboxylic acids is 1. The Kier molecular flexibility index (Phi) is 3.71. The van der Waals surface area contributed by atoms with Crippen molar-refractivity contribution >= 4 is 34.4 Å². The van der Waals surface area contributed by atoms with Gasteiger partial charge in [0.2, 0.25) is 0 Å². The van der Waals surface area contributed by atoms with Crippen molar-refractivity contribution in [2.24, 2.45) is 0 Å². The molecule has 0 spiro atoms. The first-order chi connectivity index (χ1) is 8.20. The van der Waals surface area contributed by atoms with Crippen molar-refractivity contribution in [2.75, 3.05) is 11.9 Å². The van der Waals surface area contributed by atoms with Gasteiger partial charge in [0.25, 0.3) is 0 Å². The van der Waals surface area contributed by atoms with E-state index in [1.807, 2.05) is 30.1 Å². The van der Waals surface area contributed by atoms with Crippen LogP contribution in [0.15, 0.2) is 24.4 Å². The molecule has 0 saturated heterocycles. The van der Waals surface area contributed by atoms with Crippen molar-refractivity contribution in [3.63, 3.8) is 0 Å². The highest BCUT2D eigenvalue weighted by molar-refractivity contribution is 7.17. The molecule has 88 valence electrons. The van der Waals surface area contributed by atoms with E-state index < -0.39 is 0 Å². The minimum absolute atomic E-state index is 0.257. The topological polar surface area (TPSA) is 46.1 Å². The molecular formula is C11H10ClN3OS. The number of carbonyl (C=O) groups is 1. The third-order valence-electron chi connectivity index (χ3n) is 2.16. The van der Waals surface area contributed by atoms with E-state index in [9.17, 15) is 4.79 Å². The summed E-state index contributed by atoms with van der Waals surface area (Å²) in [6.45, 7) is 0.628. The number of nitrogens with zero attached hydrogens (tertiary/aromatic N) is 3. The summed E-state index contributed by atoms with van der Waals surface area (Å²) in [5.74, 6) is 0. The summed E-state index contributed by atoms with van der Waals surface area (Å²) < 4.78 is 0. The minimum Gasteiger partial charge on any atom is -0.345 e. The van der Waals surface area contributed by atoms with Crippen LogP contribution in [0, 0.1) is 0 Å². The first kappa shape index (κ1) is 12.0. The van der Waals surface area contributed by atoms with Gasteiger partial charge in [0.15, 0.2) is 16.6 Å². The molecule has 0 bridgehead atoms. The number of thiazole rings is 1. The monoisotopic (exact) mass is 267 g/mol. The van der Waals surface area contributed by atoms with Gasteiger partial charge < -0.3 is 4.90 Å². The predicted molar refractivity (Wildman–Crippen MR) is 68.9 cm³/mol. The molecule has 6 heteroatoms. The van der Waals surface area contributed by atoms with E-state index in [0.717, 1.165) is 12.0 Å². The highest BCUT2D eigenvalue weighted by atomic mass is 35.5. The smallest absolute Gasteiger partial charge is 0.187 e. The maximum absolute atomic E-state index is 10.7. The highest BCUT2D eigenvalue weighted by Crippen LogP contribution is 2.28. The number of hydrogen-bond acceptors (Lipinski definition) is 5. The van der Waals surface area contributed by atoms with Crippen LogP contribution in [-0.2, 0) is 6.54 Å². The van der Waals surface area contributed by atoms with Crippen LogP contribution in [0.5, 0.6) is 0 Å². The normalized spacial score (nSPS) is 10.2. The Labute approximate surface area is 108 Å². The molecule has 2 heterocycles. The number of rotatable bonds is 4. The zero-order valence-corrected chi connectivity index (χ0v) is 10.7. The fourth-order valence-electron chi connectivity index (χ4n) is 1.34. The molecule has 2 aromatic heterocycles. The third kappa shape index (κ3) is 2.81. The van der Waals surface area contributed by atoms with Crippen molar-refractivity contribution in [1.29, 1.82) is 0 Å². The molecule has 0 atom stereocenters. The second kappa shape index (κ2) is 5.25. The Balaban J connectivity index is 2.14. The first-order valence-electron chi connectivity index (χ1n) is 4.93. The molecule has 0 saturated carbocycles. The molecule has 0 radical (unpaired) electrons. The van der Waals surface area contributed by atoms with Gasteiger partial charge in [0, 0.05) is 13.2 Å². The molecule has 4 nitrogen and oxygen atoms in total. The summed E-state index contributed by atoms with van der Waals surface area (Å²) in [5.41, 5.74) is 0.939. The Hall–Kier alpha value is -1.46. The van der Waals surface area contributed by atoms with Gasteiger partial charge in [-0.1, -0.05) is 29.0 Å². The molecule has 0 aliphatic heterocycles. The van der Waals surface area contributed by atoms with E-state index >= 15 is 0 Å².